The molecule has 1 heterocycles. The van der Waals surface area contributed by atoms with Gasteiger partial charge in [-0.2, -0.15) is 0 Å². The molecule has 3 aromatic rings. The van der Waals surface area contributed by atoms with Crippen LogP contribution in [-0.2, 0) is 0 Å². The summed E-state index contributed by atoms with van der Waals surface area (Å²) in [5.74, 6) is 0.891. The maximum absolute atomic E-state index is 13.2. The molecular formula is C16H12ClFN2O. The minimum Gasteiger partial charge on any atom is -0.497 e. The van der Waals surface area contributed by atoms with Crippen LogP contribution < -0.4 is 4.74 Å². The summed E-state index contributed by atoms with van der Waals surface area (Å²) < 4.78 is 18.4. The fraction of sp³-hybridized carbons (Fsp3) is 0.125. The van der Waals surface area contributed by atoms with Crippen LogP contribution in [0.2, 0.25) is 5.15 Å². The van der Waals surface area contributed by atoms with Crippen molar-refractivity contribution in [3.63, 3.8) is 0 Å². The molecule has 0 N–H and O–H groups in total. The van der Waals surface area contributed by atoms with Crippen LogP contribution in [0.4, 0.5) is 4.39 Å². The van der Waals surface area contributed by atoms with Crippen LogP contribution in [0.15, 0.2) is 36.4 Å². The maximum Gasteiger partial charge on any atom is 0.161 e. The SMILES string of the molecule is COc1ccc2nc(-c3ccc(F)cc3C)nc(Cl)c2c1. The molecule has 0 aliphatic heterocycles. The first-order valence-electron chi connectivity index (χ1n) is 6.36. The van der Waals surface area contributed by atoms with Crippen molar-refractivity contribution in [2.75, 3.05) is 7.11 Å². The molecule has 21 heavy (non-hydrogen) atoms. The van der Waals surface area contributed by atoms with E-state index >= 15 is 0 Å². The number of rotatable bonds is 2. The van der Waals surface area contributed by atoms with E-state index in [1.165, 1.54) is 12.1 Å². The number of hydrogen-bond acceptors (Lipinski definition) is 3. The third-order valence-corrected chi connectivity index (χ3v) is 3.57. The van der Waals surface area contributed by atoms with Crippen LogP contribution in [0.5, 0.6) is 5.75 Å². The van der Waals surface area contributed by atoms with Crippen molar-refractivity contribution in [2.45, 2.75) is 6.92 Å². The zero-order chi connectivity index (χ0) is 15.0. The van der Waals surface area contributed by atoms with Crippen LogP contribution in [0.25, 0.3) is 22.3 Å². The Morgan fingerprint density at radius 2 is 1.90 bits per heavy atom. The highest BCUT2D eigenvalue weighted by Gasteiger charge is 2.11. The number of methoxy groups -OCH3 is 1. The van der Waals surface area contributed by atoms with E-state index < -0.39 is 0 Å². The predicted molar refractivity (Wildman–Crippen MR) is 81.2 cm³/mol. The van der Waals surface area contributed by atoms with Crippen molar-refractivity contribution in [1.82, 2.24) is 9.97 Å². The minimum atomic E-state index is -0.284. The van der Waals surface area contributed by atoms with Gasteiger partial charge < -0.3 is 4.74 Å². The topological polar surface area (TPSA) is 35.0 Å². The average molecular weight is 303 g/mol. The Bertz CT molecular complexity index is 836. The van der Waals surface area contributed by atoms with Gasteiger partial charge in [-0.3, -0.25) is 0 Å². The lowest BCUT2D eigenvalue weighted by Crippen LogP contribution is -1.95. The molecule has 0 aliphatic carbocycles. The molecule has 0 radical (unpaired) electrons. The third-order valence-electron chi connectivity index (χ3n) is 3.29. The first kappa shape index (κ1) is 13.8. The molecule has 0 atom stereocenters. The van der Waals surface area contributed by atoms with Crippen molar-refractivity contribution in [3.8, 4) is 17.1 Å². The predicted octanol–water partition coefficient (Wildman–Crippen LogP) is 4.41. The molecule has 1 aromatic heterocycles. The molecule has 0 aliphatic rings. The molecule has 0 bridgehead atoms. The fourth-order valence-corrected chi connectivity index (χ4v) is 2.43. The van der Waals surface area contributed by atoms with Crippen molar-refractivity contribution < 1.29 is 9.13 Å². The summed E-state index contributed by atoms with van der Waals surface area (Å²) in [6.45, 7) is 1.81. The number of aromatic nitrogens is 2. The Kier molecular flexibility index (Phi) is 3.47. The van der Waals surface area contributed by atoms with Gasteiger partial charge in [-0.1, -0.05) is 11.6 Å². The second-order valence-corrected chi connectivity index (χ2v) is 5.04. The van der Waals surface area contributed by atoms with E-state index in [0.29, 0.717) is 16.7 Å². The summed E-state index contributed by atoms with van der Waals surface area (Å²) in [7, 11) is 1.59. The van der Waals surface area contributed by atoms with E-state index in [4.69, 9.17) is 16.3 Å². The van der Waals surface area contributed by atoms with E-state index in [0.717, 1.165) is 22.0 Å². The Labute approximate surface area is 126 Å². The normalized spacial score (nSPS) is 10.9. The summed E-state index contributed by atoms with van der Waals surface area (Å²) in [4.78, 5) is 8.81. The van der Waals surface area contributed by atoms with E-state index in [1.807, 2.05) is 19.1 Å². The molecule has 2 aromatic carbocycles. The molecule has 0 saturated heterocycles. The maximum atomic E-state index is 13.2. The second-order valence-electron chi connectivity index (χ2n) is 4.68. The number of aryl methyl sites for hydroxylation is 1. The highest BCUT2D eigenvalue weighted by molar-refractivity contribution is 6.34. The van der Waals surface area contributed by atoms with Gasteiger partial charge in [0.25, 0.3) is 0 Å². The summed E-state index contributed by atoms with van der Waals surface area (Å²) in [5.41, 5.74) is 2.24. The fourth-order valence-electron chi connectivity index (χ4n) is 2.20. The van der Waals surface area contributed by atoms with Gasteiger partial charge >= 0.3 is 0 Å². The van der Waals surface area contributed by atoms with Crippen LogP contribution in [0.3, 0.4) is 0 Å². The van der Waals surface area contributed by atoms with Crippen molar-refractivity contribution >= 4 is 22.5 Å². The number of nitrogens with zero attached hydrogens (tertiary/aromatic N) is 2. The third kappa shape index (κ3) is 2.54. The Balaban J connectivity index is 2.20. The molecule has 3 rings (SSSR count). The summed E-state index contributed by atoms with van der Waals surface area (Å²) in [6.07, 6.45) is 0. The quantitative estimate of drug-likeness (QED) is 0.658. The van der Waals surface area contributed by atoms with Crippen molar-refractivity contribution in [2.24, 2.45) is 0 Å². The number of fused-ring (bicyclic) bond motifs is 1. The number of hydrogen-bond donors (Lipinski definition) is 0. The summed E-state index contributed by atoms with van der Waals surface area (Å²) >= 11 is 6.24. The van der Waals surface area contributed by atoms with Gasteiger partial charge in [0, 0.05) is 10.9 Å². The molecule has 0 unspecified atom stereocenters. The van der Waals surface area contributed by atoms with E-state index in [2.05, 4.69) is 9.97 Å². The number of benzene rings is 2. The lowest BCUT2D eigenvalue weighted by molar-refractivity contribution is 0.415. The van der Waals surface area contributed by atoms with Crippen LogP contribution >= 0.6 is 11.6 Å². The van der Waals surface area contributed by atoms with Gasteiger partial charge in [0.1, 0.15) is 16.7 Å². The van der Waals surface area contributed by atoms with Crippen LogP contribution in [0, 0.1) is 12.7 Å². The smallest absolute Gasteiger partial charge is 0.161 e. The van der Waals surface area contributed by atoms with Crippen molar-refractivity contribution in [1.29, 1.82) is 0 Å². The Morgan fingerprint density at radius 3 is 2.62 bits per heavy atom. The largest absolute Gasteiger partial charge is 0.497 e. The van der Waals surface area contributed by atoms with Gasteiger partial charge in [0.15, 0.2) is 5.82 Å². The van der Waals surface area contributed by atoms with E-state index in [-0.39, 0.29) is 5.82 Å². The highest BCUT2D eigenvalue weighted by atomic mass is 35.5. The van der Waals surface area contributed by atoms with Crippen LogP contribution in [-0.4, -0.2) is 17.1 Å². The van der Waals surface area contributed by atoms with Crippen LogP contribution in [0.1, 0.15) is 5.56 Å². The number of ether oxygens (including phenoxy) is 1. The second kappa shape index (κ2) is 5.30. The van der Waals surface area contributed by atoms with Gasteiger partial charge in [-0.25, -0.2) is 14.4 Å². The lowest BCUT2D eigenvalue weighted by Gasteiger charge is -2.08. The molecule has 106 valence electrons. The van der Waals surface area contributed by atoms with E-state index in [1.54, 1.807) is 19.2 Å². The van der Waals surface area contributed by atoms with Gasteiger partial charge in [0.05, 0.1) is 12.6 Å². The Morgan fingerprint density at radius 1 is 1.10 bits per heavy atom. The molecule has 5 heteroatoms. The monoisotopic (exact) mass is 302 g/mol. The molecule has 3 nitrogen and oxygen atoms in total. The first-order valence-corrected chi connectivity index (χ1v) is 6.74. The molecule has 0 saturated carbocycles. The highest BCUT2D eigenvalue weighted by Crippen LogP contribution is 2.29. The standard InChI is InChI=1S/C16H12ClFN2O/c1-9-7-10(18)3-5-12(9)16-19-14-6-4-11(21-2)8-13(14)15(17)20-16/h3-8H,1-2H3. The molecule has 0 spiro atoms. The van der Waals surface area contributed by atoms with E-state index in [9.17, 15) is 4.39 Å². The molecule has 0 fully saturated rings. The number of halogens is 2. The average Bonchev–Trinajstić information content (AvgIpc) is 2.47. The first-order chi connectivity index (χ1) is 10.1. The van der Waals surface area contributed by atoms with Gasteiger partial charge in [-0.15, -0.1) is 0 Å². The summed E-state index contributed by atoms with van der Waals surface area (Å²) in [6, 6.07) is 9.92. The molecule has 0 amide bonds. The Hall–Kier alpha value is -2.20. The zero-order valence-electron chi connectivity index (χ0n) is 11.5. The minimum absolute atomic E-state index is 0.284. The molecular weight excluding hydrogens is 291 g/mol. The lowest BCUT2D eigenvalue weighted by atomic mass is 10.1. The summed E-state index contributed by atoms with van der Waals surface area (Å²) in [5, 5.41) is 1.07. The van der Waals surface area contributed by atoms with Crippen molar-refractivity contribution in [3.05, 3.63) is 52.9 Å². The van der Waals surface area contributed by atoms with Gasteiger partial charge in [-0.05, 0) is 48.9 Å². The van der Waals surface area contributed by atoms with Gasteiger partial charge in [0.2, 0.25) is 0 Å². The zero-order valence-corrected chi connectivity index (χ0v) is 12.3.